The monoisotopic (exact) mass is 410 g/mol. The van der Waals surface area contributed by atoms with Crippen molar-refractivity contribution in [3.05, 3.63) is 53.1 Å². The second kappa shape index (κ2) is 8.63. The van der Waals surface area contributed by atoms with Crippen molar-refractivity contribution in [2.75, 3.05) is 23.0 Å². The molecule has 146 valence electrons. The van der Waals surface area contributed by atoms with E-state index in [4.69, 9.17) is 16.3 Å². The van der Waals surface area contributed by atoms with Crippen LogP contribution in [0.3, 0.4) is 0 Å². The fourth-order valence-electron chi connectivity index (χ4n) is 2.78. The van der Waals surface area contributed by atoms with Gasteiger partial charge >= 0.3 is 0 Å². The van der Waals surface area contributed by atoms with Gasteiger partial charge in [0.05, 0.1) is 19.1 Å². The first kappa shape index (κ1) is 21.1. The summed E-state index contributed by atoms with van der Waals surface area (Å²) in [6, 6.07) is 10.9. The number of hydrogen-bond acceptors (Lipinski definition) is 4. The first-order chi connectivity index (χ1) is 12.7. The van der Waals surface area contributed by atoms with Crippen LogP contribution in [0.4, 0.5) is 11.4 Å². The van der Waals surface area contributed by atoms with Crippen molar-refractivity contribution in [1.82, 2.24) is 0 Å². The van der Waals surface area contributed by atoms with Crippen LogP contribution < -0.4 is 14.4 Å². The molecule has 27 heavy (non-hydrogen) atoms. The quantitative estimate of drug-likeness (QED) is 0.752. The number of benzene rings is 2. The van der Waals surface area contributed by atoms with Gasteiger partial charge in [-0.05, 0) is 43.2 Å². The van der Waals surface area contributed by atoms with Gasteiger partial charge in [0.1, 0.15) is 11.8 Å². The minimum absolute atomic E-state index is 0.287. The molecule has 0 aromatic heterocycles. The van der Waals surface area contributed by atoms with E-state index in [0.717, 1.165) is 10.6 Å². The summed E-state index contributed by atoms with van der Waals surface area (Å²) in [5.41, 5.74) is 1.61. The summed E-state index contributed by atoms with van der Waals surface area (Å²) in [5.74, 6) is 0.155. The number of amides is 1. The lowest BCUT2D eigenvalue weighted by Crippen LogP contribution is -2.47. The summed E-state index contributed by atoms with van der Waals surface area (Å²) in [4.78, 5) is 12.9. The van der Waals surface area contributed by atoms with Crippen LogP contribution in [0.15, 0.2) is 42.5 Å². The number of sulfonamides is 1. The number of carbonyl (C=O) groups excluding carboxylic acids is 1. The van der Waals surface area contributed by atoms with Crippen molar-refractivity contribution in [2.45, 2.75) is 26.3 Å². The van der Waals surface area contributed by atoms with E-state index >= 15 is 0 Å². The molecule has 0 aliphatic heterocycles. The van der Waals surface area contributed by atoms with Crippen molar-refractivity contribution in [3.8, 4) is 5.75 Å². The molecule has 0 bridgehead atoms. The minimum atomic E-state index is -3.73. The molecule has 0 saturated heterocycles. The lowest BCUT2D eigenvalue weighted by atomic mass is 10.1. The van der Waals surface area contributed by atoms with Crippen molar-refractivity contribution >= 4 is 38.9 Å². The first-order valence-electron chi connectivity index (χ1n) is 8.37. The van der Waals surface area contributed by atoms with Crippen LogP contribution in [0.2, 0.25) is 5.02 Å². The van der Waals surface area contributed by atoms with E-state index in [2.05, 4.69) is 5.32 Å². The maximum absolute atomic E-state index is 12.9. The molecule has 0 spiro atoms. The molecule has 0 aliphatic rings. The summed E-state index contributed by atoms with van der Waals surface area (Å²) >= 11 is 6.07. The van der Waals surface area contributed by atoms with E-state index in [1.54, 1.807) is 56.3 Å². The standard InChI is InChI=1S/C19H23ClN2O4S/c1-5-17(19(23)21-15-7-6-8-16(12-15)26-3)22(27(4,24)25)18-11-14(20)10-9-13(18)2/h6-12,17H,5H2,1-4H3,(H,21,23)/t17-/m0/s1. The number of hydrogen-bond donors (Lipinski definition) is 1. The van der Waals surface area contributed by atoms with Crippen LogP contribution in [-0.2, 0) is 14.8 Å². The zero-order valence-corrected chi connectivity index (χ0v) is 17.3. The SMILES string of the molecule is CC[C@@H](C(=O)Nc1cccc(OC)c1)N(c1cc(Cl)ccc1C)S(C)(=O)=O. The highest BCUT2D eigenvalue weighted by atomic mass is 35.5. The van der Waals surface area contributed by atoms with E-state index in [1.165, 1.54) is 7.11 Å². The number of nitrogens with zero attached hydrogens (tertiary/aromatic N) is 1. The van der Waals surface area contributed by atoms with Crippen LogP contribution >= 0.6 is 11.6 Å². The lowest BCUT2D eigenvalue weighted by Gasteiger charge is -2.31. The predicted octanol–water partition coefficient (Wildman–Crippen LogP) is 3.84. The Kier molecular flexibility index (Phi) is 6.73. The van der Waals surface area contributed by atoms with Gasteiger partial charge < -0.3 is 10.1 Å². The average Bonchev–Trinajstić information content (AvgIpc) is 2.61. The summed E-state index contributed by atoms with van der Waals surface area (Å²) in [6.45, 7) is 3.53. The van der Waals surface area contributed by atoms with Crippen molar-refractivity contribution in [2.24, 2.45) is 0 Å². The lowest BCUT2D eigenvalue weighted by molar-refractivity contribution is -0.117. The Hall–Kier alpha value is -2.25. The molecular weight excluding hydrogens is 388 g/mol. The Labute approximate surface area is 165 Å². The maximum atomic E-state index is 12.9. The van der Waals surface area contributed by atoms with Crippen LogP contribution in [0, 0.1) is 6.92 Å². The average molecular weight is 411 g/mol. The van der Waals surface area contributed by atoms with Gasteiger partial charge in [-0.25, -0.2) is 8.42 Å². The molecule has 0 fully saturated rings. The summed E-state index contributed by atoms with van der Waals surface area (Å²) in [7, 11) is -2.20. The number of rotatable bonds is 7. The number of methoxy groups -OCH3 is 1. The van der Waals surface area contributed by atoms with Gasteiger partial charge in [-0.2, -0.15) is 0 Å². The summed E-state index contributed by atoms with van der Waals surface area (Å²) in [6.07, 6.45) is 1.36. The highest BCUT2D eigenvalue weighted by Gasteiger charge is 2.32. The fraction of sp³-hybridized carbons (Fsp3) is 0.316. The number of aryl methyl sites for hydroxylation is 1. The normalized spacial score (nSPS) is 12.3. The van der Waals surface area contributed by atoms with E-state index in [-0.39, 0.29) is 6.42 Å². The van der Waals surface area contributed by atoms with Crippen molar-refractivity contribution < 1.29 is 17.9 Å². The number of nitrogens with one attached hydrogen (secondary N) is 1. The van der Waals surface area contributed by atoms with Gasteiger partial charge in [-0.3, -0.25) is 9.10 Å². The molecule has 8 heteroatoms. The smallest absolute Gasteiger partial charge is 0.248 e. The molecule has 0 unspecified atom stereocenters. The molecule has 2 rings (SSSR count). The Balaban J connectivity index is 2.43. The van der Waals surface area contributed by atoms with Crippen molar-refractivity contribution in [1.29, 1.82) is 0 Å². The fourth-order valence-corrected chi connectivity index (χ4v) is 4.21. The third-order valence-electron chi connectivity index (χ3n) is 4.08. The molecule has 0 saturated carbocycles. The molecule has 2 aromatic carbocycles. The van der Waals surface area contributed by atoms with E-state index in [1.807, 2.05) is 0 Å². The zero-order valence-electron chi connectivity index (χ0n) is 15.7. The molecule has 0 heterocycles. The van der Waals surface area contributed by atoms with E-state index < -0.39 is 22.0 Å². The number of anilines is 2. The van der Waals surface area contributed by atoms with Gasteiger partial charge in [0.25, 0.3) is 0 Å². The molecule has 1 atom stereocenters. The van der Waals surface area contributed by atoms with Gasteiger partial charge in [0, 0.05) is 16.8 Å². The Morgan fingerprint density at radius 1 is 1.26 bits per heavy atom. The first-order valence-corrected chi connectivity index (χ1v) is 10.6. The minimum Gasteiger partial charge on any atom is -0.497 e. The zero-order chi connectivity index (χ0) is 20.2. The van der Waals surface area contributed by atoms with Crippen LogP contribution in [-0.4, -0.2) is 33.7 Å². The molecule has 2 aromatic rings. The van der Waals surface area contributed by atoms with E-state index in [9.17, 15) is 13.2 Å². The Morgan fingerprint density at radius 3 is 2.56 bits per heavy atom. The predicted molar refractivity (Wildman–Crippen MR) is 109 cm³/mol. The second-order valence-corrected chi connectivity index (χ2v) is 8.43. The van der Waals surface area contributed by atoms with Crippen molar-refractivity contribution in [3.63, 3.8) is 0 Å². The molecular formula is C19H23ClN2O4S. The molecule has 6 nitrogen and oxygen atoms in total. The maximum Gasteiger partial charge on any atom is 0.248 e. The third kappa shape index (κ3) is 5.14. The van der Waals surface area contributed by atoms with Crippen LogP contribution in [0.1, 0.15) is 18.9 Å². The van der Waals surface area contributed by atoms with Gasteiger partial charge in [-0.1, -0.05) is 30.7 Å². The number of carbonyl (C=O) groups is 1. The van der Waals surface area contributed by atoms with Gasteiger partial charge in [0.2, 0.25) is 15.9 Å². The topological polar surface area (TPSA) is 75.7 Å². The van der Waals surface area contributed by atoms with Crippen LogP contribution in [0.25, 0.3) is 0 Å². The number of halogens is 1. The summed E-state index contributed by atoms with van der Waals surface area (Å²) < 4.78 is 31.4. The second-order valence-electron chi connectivity index (χ2n) is 6.13. The van der Waals surface area contributed by atoms with Gasteiger partial charge in [-0.15, -0.1) is 0 Å². The Morgan fingerprint density at radius 2 is 1.96 bits per heavy atom. The molecule has 1 N–H and O–H groups in total. The Bertz CT molecular complexity index is 931. The molecule has 1 amide bonds. The van der Waals surface area contributed by atoms with Crippen LogP contribution in [0.5, 0.6) is 5.75 Å². The molecule has 0 aliphatic carbocycles. The highest BCUT2D eigenvalue weighted by molar-refractivity contribution is 7.92. The number of ether oxygens (including phenoxy) is 1. The van der Waals surface area contributed by atoms with Gasteiger partial charge in [0.15, 0.2) is 0 Å². The molecule has 0 radical (unpaired) electrons. The summed E-state index contributed by atoms with van der Waals surface area (Å²) in [5, 5.41) is 3.16. The highest BCUT2D eigenvalue weighted by Crippen LogP contribution is 2.29. The largest absolute Gasteiger partial charge is 0.497 e. The van der Waals surface area contributed by atoms with E-state index in [0.29, 0.717) is 27.7 Å². The third-order valence-corrected chi connectivity index (χ3v) is 5.48.